The Kier molecular flexibility index (Phi) is 34.6. The molecule has 0 saturated heterocycles. The largest absolute Gasteiger partial charge is 0.744 e. The number of phenols is 2. The van der Waals surface area contributed by atoms with E-state index in [1.165, 1.54) is 109 Å². The van der Waals surface area contributed by atoms with Gasteiger partial charge in [0.15, 0.2) is 32.5 Å². The van der Waals surface area contributed by atoms with Gasteiger partial charge in [0.05, 0.1) is 84.5 Å². The summed E-state index contributed by atoms with van der Waals surface area (Å²) in [7, 11) is -21.1. The minimum atomic E-state index is -5.30. The van der Waals surface area contributed by atoms with Gasteiger partial charge in [0.25, 0.3) is 23.6 Å². The standard InChI is InChI=1S/C68H58Br4Cl4N16O19S8/c69-45-21-33(22-46(70)59(45)93)31-79-87-61(95)57(85-51-15-9-39(73)25-49(51)75)63(97)89-91-67(114)83-43-13-7-37(55(29-43)118(105,106)107)3-1-35-5-11-41(27-53(35)116(99,100)101)81-65(112)77-17-19-111-20-18-78-66(113)82-42-12-6-36(54(28-42)117(102,103)104)2-4-38-8-14-44(30-56(38)119(108,109)110)84-68(115)92-90-64(98)58(86-52-16-10-40(74)26-50(52)76)62(96)88-80-32-34-23-47(71)60(94)48(72)24-34/h1-16,21-32,57-58,85-86,93-94H,17-20H2,(H,87,95)(H,88,96)(H,89,97)(H,90,98)(H2,77,81,112)(H2,78,82,113)(H2,83,91,114)(H2,84,92,115)(H,99,100,101)(H,102,103,104)(H,105,106,107)(H,108,109,110)/p-4/b3-1+,4-2+,79-31+,80-32+. The number of benzene rings is 8. The second-order valence-electron chi connectivity index (χ2n) is 23.5. The molecule has 8 aromatic rings. The van der Waals surface area contributed by atoms with E-state index >= 15 is 0 Å². The van der Waals surface area contributed by atoms with Gasteiger partial charge in [0, 0.05) is 45.9 Å². The van der Waals surface area contributed by atoms with Crippen LogP contribution in [0.5, 0.6) is 11.5 Å². The first-order valence-electron chi connectivity index (χ1n) is 32.5. The number of nitrogens with one attached hydrogen (secondary N) is 14. The minimum absolute atomic E-state index is 0.0211. The average Bonchev–Trinajstić information content (AvgIpc) is 0.802. The van der Waals surface area contributed by atoms with E-state index in [0.717, 1.165) is 60.7 Å². The topological polar surface area (TPSA) is 540 Å². The lowest BCUT2D eigenvalue weighted by Crippen LogP contribution is -2.54. The van der Waals surface area contributed by atoms with Crippen molar-refractivity contribution in [3.63, 3.8) is 0 Å². The van der Waals surface area contributed by atoms with Gasteiger partial charge in [0.2, 0.25) is 0 Å². The third-order valence-electron chi connectivity index (χ3n) is 15.1. The molecular formula is C68H54Br4Cl4N16O19S8-4. The van der Waals surface area contributed by atoms with E-state index in [9.17, 15) is 81.3 Å². The van der Waals surface area contributed by atoms with E-state index in [1.54, 1.807) is 0 Å². The van der Waals surface area contributed by atoms with Crippen molar-refractivity contribution >= 4 is 314 Å². The minimum Gasteiger partial charge on any atom is -0.744 e. The molecule has 0 aromatic heterocycles. The van der Waals surface area contributed by atoms with Gasteiger partial charge >= 0.3 is 0 Å². The highest BCUT2D eigenvalue weighted by Crippen LogP contribution is 2.36. The van der Waals surface area contributed by atoms with Crippen molar-refractivity contribution in [2.45, 2.75) is 31.7 Å². The number of hydrazine groups is 2. The molecule has 0 saturated carbocycles. The average molecular weight is 2120 g/mol. The summed E-state index contributed by atoms with van der Waals surface area (Å²) in [6, 6.07) is 24.3. The molecule has 0 heterocycles. The summed E-state index contributed by atoms with van der Waals surface area (Å²) in [5.74, 6) is -4.31. The van der Waals surface area contributed by atoms with Crippen molar-refractivity contribution in [1.82, 2.24) is 43.2 Å². The maximum Gasteiger partial charge on any atom is 0.272 e. The summed E-state index contributed by atoms with van der Waals surface area (Å²) in [4.78, 5) is 50.7. The Morgan fingerprint density at radius 1 is 0.412 bits per heavy atom. The van der Waals surface area contributed by atoms with Crippen molar-refractivity contribution in [2.75, 3.05) is 58.2 Å². The molecule has 0 bridgehead atoms. The van der Waals surface area contributed by atoms with Crippen LogP contribution in [0.2, 0.25) is 20.1 Å². The first-order chi connectivity index (χ1) is 55.9. The lowest BCUT2D eigenvalue weighted by molar-refractivity contribution is -0.132. The van der Waals surface area contributed by atoms with E-state index in [-0.39, 0.29) is 124 Å². The molecule has 2 unspecified atom stereocenters. The third-order valence-corrected chi connectivity index (χ3v) is 23.1. The SMILES string of the molecule is O=C(N/N=C/c1cc(Br)c(O)c(Br)c1)C(Nc1ccc(Cl)cc1Cl)C(=O)NNC(=S)Nc1ccc(/C=C/c2ccc(NC(=S)NCCOCCNC(=S)Nc3ccc(/C=C/c4ccc(NC(=S)NNC(=O)C(Nc5ccc(Cl)cc5Cl)C(=O)N/N=C/c5cc(Br)c(O)c(Br)c5)cc4S(=O)(=O)[O-])c(S(=O)(=O)[O-])c3)cc2S(=O)(=O)[O-])c(S(=O)(=O)[O-])c1. The molecule has 51 heteroatoms. The molecule has 0 aliphatic carbocycles. The highest BCUT2D eigenvalue weighted by atomic mass is 79.9. The summed E-state index contributed by atoms with van der Waals surface area (Å²) in [5.41, 5.74) is 13.5. The molecule has 0 aliphatic heterocycles. The van der Waals surface area contributed by atoms with Crippen LogP contribution in [-0.2, 0) is 64.4 Å². The molecule has 35 nitrogen and oxygen atoms in total. The van der Waals surface area contributed by atoms with Gasteiger partial charge in [0.1, 0.15) is 52.0 Å². The molecule has 119 heavy (non-hydrogen) atoms. The number of carbonyl (C=O) groups is 4. The van der Waals surface area contributed by atoms with Gasteiger partial charge in [-0.3, -0.25) is 40.9 Å². The molecule has 2 atom stereocenters. The maximum atomic E-state index is 13.5. The third kappa shape index (κ3) is 29.2. The Balaban J connectivity index is 0.795. The Bertz CT molecular complexity index is 5580. The van der Waals surface area contributed by atoms with Crippen LogP contribution in [0.1, 0.15) is 33.4 Å². The van der Waals surface area contributed by atoms with E-state index < -0.39 is 106 Å². The molecule has 0 spiro atoms. The fourth-order valence-corrected chi connectivity index (χ4v) is 16.6. The predicted octanol–water partition coefficient (Wildman–Crippen LogP) is 9.91. The molecule has 8 rings (SSSR count). The number of hydrogen-bond donors (Lipinski definition) is 16. The molecule has 0 fully saturated rings. The van der Waals surface area contributed by atoms with Crippen LogP contribution in [0.4, 0.5) is 34.1 Å². The first kappa shape index (κ1) is 95.6. The molecule has 16 N–H and O–H groups in total. The normalized spacial score (nSPS) is 12.3. The zero-order valence-corrected chi connectivity index (χ0v) is 75.1. The number of nitrogens with zero attached hydrogens (tertiary/aromatic N) is 2. The Morgan fingerprint density at radius 3 is 0.975 bits per heavy atom. The second-order valence-corrected chi connectivity index (χ2v) is 35.7. The van der Waals surface area contributed by atoms with Gasteiger partial charge in [-0.15, -0.1) is 0 Å². The lowest BCUT2D eigenvalue weighted by Gasteiger charge is -2.20. The highest BCUT2D eigenvalue weighted by molar-refractivity contribution is 9.11. The Hall–Kier alpha value is -8.90. The molecular weight excluding hydrogens is 2060 g/mol. The number of aromatic hydroxyl groups is 2. The van der Waals surface area contributed by atoms with Gasteiger partial charge < -0.3 is 75.7 Å². The molecule has 0 aliphatic rings. The summed E-state index contributed by atoms with van der Waals surface area (Å²) >= 11 is 58.7. The number of thiocarbonyl (C=S) groups is 4. The van der Waals surface area contributed by atoms with Crippen molar-refractivity contribution in [1.29, 1.82) is 0 Å². The summed E-state index contributed by atoms with van der Waals surface area (Å²) in [6.07, 6.45) is 6.70. The number of amides is 4. The number of halogens is 8. The maximum absolute atomic E-state index is 13.5. The van der Waals surface area contributed by atoms with Crippen molar-refractivity contribution < 1.29 is 86.0 Å². The fraction of sp³-hybridized carbons (Fsp3) is 0.0882. The van der Waals surface area contributed by atoms with Crippen LogP contribution in [0.15, 0.2) is 181 Å². The lowest BCUT2D eigenvalue weighted by atomic mass is 10.1. The summed E-state index contributed by atoms with van der Waals surface area (Å²) in [6.45, 7) is 0.210. The van der Waals surface area contributed by atoms with Gasteiger partial charge in [-0.2, -0.15) is 10.2 Å². The number of ether oxygens (including phenoxy) is 1. The zero-order valence-electron chi connectivity index (χ0n) is 59.2. The Labute approximate surface area is 752 Å². The van der Waals surface area contributed by atoms with E-state index in [1.807, 2.05) is 0 Å². The summed E-state index contributed by atoms with van der Waals surface area (Å²) in [5, 5.41) is 49.1. The van der Waals surface area contributed by atoms with Crippen LogP contribution in [0.25, 0.3) is 24.3 Å². The van der Waals surface area contributed by atoms with Crippen LogP contribution < -0.4 is 75.1 Å². The molecule has 8 aromatic carbocycles. The summed E-state index contributed by atoms with van der Waals surface area (Å²) < 4.78 is 158. The van der Waals surface area contributed by atoms with E-state index in [2.05, 4.69) is 149 Å². The number of carbonyl (C=O) groups excluding carboxylic acids is 4. The van der Waals surface area contributed by atoms with Crippen LogP contribution >= 0.6 is 159 Å². The molecule has 4 amide bonds. The number of phenolic OH excluding ortho intramolecular Hbond substituents is 2. The first-order valence-corrected chi connectivity index (χ1v) is 44.5. The van der Waals surface area contributed by atoms with Gasteiger partial charge in [-0.1, -0.05) is 95.0 Å². The Morgan fingerprint density at radius 2 is 0.697 bits per heavy atom. The quantitative estimate of drug-likeness (QED) is 0.00378. The van der Waals surface area contributed by atoms with E-state index in [4.69, 9.17) is 100 Å². The van der Waals surface area contributed by atoms with Crippen LogP contribution in [-0.4, -0.2) is 157 Å². The van der Waals surface area contributed by atoms with Gasteiger partial charge in [-0.05, 0) is 255 Å². The smallest absolute Gasteiger partial charge is 0.272 e. The predicted molar refractivity (Wildman–Crippen MR) is 476 cm³/mol. The monoisotopic (exact) mass is 2110 g/mol. The van der Waals surface area contributed by atoms with E-state index in [0.29, 0.717) is 29.0 Å². The zero-order chi connectivity index (χ0) is 87.4. The van der Waals surface area contributed by atoms with Crippen LogP contribution in [0, 0.1) is 0 Å². The number of anilines is 6. The number of hydrazone groups is 2. The molecule has 0 radical (unpaired) electrons. The number of hydrogen-bond acceptors (Lipinski definition) is 27. The van der Waals surface area contributed by atoms with Crippen molar-refractivity contribution in [3.05, 3.63) is 205 Å². The number of rotatable bonds is 30. The fourth-order valence-electron chi connectivity index (χ4n) is 9.67. The molecule has 628 valence electrons. The van der Waals surface area contributed by atoms with Crippen molar-refractivity contribution in [3.8, 4) is 11.5 Å². The second kappa shape index (κ2) is 43.0. The highest BCUT2D eigenvalue weighted by Gasteiger charge is 2.30. The van der Waals surface area contributed by atoms with Crippen molar-refractivity contribution in [2.24, 2.45) is 10.2 Å². The van der Waals surface area contributed by atoms with Crippen LogP contribution in [0.3, 0.4) is 0 Å². The van der Waals surface area contributed by atoms with Gasteiger partial charge in [-0.25, -0.2) is 44.5 Å².